The lowest BCUT2D eigenvalue weighted by atomic mass is 10.0. The van der Waals surface area contributed by atoms with Crippen molar-refractivity contribution in [1.82, 2.24) is 0 Å². The van der Waals surface area contributed by atoms with E-state index in [-0.39, 0.29) is 0 Å². The van der Waals surface area contributed by atoms with Crippen molar-refractivity contribution in [2.75, 3.05) is 0 Å². The van der Waals surface area contributed by atoms with Gasteiger partial charge in [0.05, 0.1) is 0 Å². The van der Waals surface area contributed by atoms with E-state index < -0.39 is 0 Å². The second kappa shape index (κ2) is 12.3. The molecule has 0 unspecified atom stereocenters. The summed E-state index contributed by atoms with van der Waals surface area (Å²) in [4.78, 5) is 0. The maximum absolute atomic E-state index is 5.88. The summed E-state index contributed by atoms with van der Waals surface area (Å²) in [5, 5.41) is 0.840. The zero-order chi connectivity index (χ0) is 14.5. The quantitative estimate of drug-likeness (QED) is 0.358. The second-order valence-corrected chi connectivity index (χ2v) is 6.35. The number of aryl methyl sites for hydroxylation is 1. The van der Waals surface area contributed by atoms with Gasteiger partial charge in [-0.3, -0.25) is 0 Å². The average Bonchev–Trinajstić information content (AvgIpc) is 2.47. The Morgan fingerprint density at radius 3 is 1.60 bits per heavy atom. The SMILES string of the molecule is CCCCCCCCCCCCCc1ccc(Cl)cc1. The minimum absolute atomic E-state index is 0.840. The summed E-state index contributed by atoms with van der Waals surface area (Å²) >= 11 is 5.88. The highest BCUT2D eigenvalue weighted by molar-refractivity contribution is 6.30. The smallest absolute Gasteiger partial charge is 0.0406 e. The van der Waals surface area contributed by atoms with E-state index in [1.807, 2.05) is 12.1 Å². The molecule has 0 saturated carbocycles. The molecule has 0 aliphatic rings. The summed E-state index contributed by atoms with van der Waals surface area (Å²) in [5.74, 6) is 0. The van der Waals surface area contributed by atoms with E-state index in [0.29, 0.717) is 0 Å². The van der Waals surface area contributed by atoms with Gasteiger partial charge in [0.15, 0.2) is 0 Å². The van der Waals surface area contributed by atoms with Gasteiger partial charge in [-0.2, -0.15) is 0 Å². The Hall–Kier alpha value is -0.490. The Morgan fingerprint density at radius 1 is 0.650 bits per heavy atom. The van der Waals surface area contributed by atoms with Crippen LogP contribution in [0.1, 0.15) is 83.1 Å². The normalized spacial score (nSPS) is 10.9. The van der Waals surface area contributed by atoms with Crippen LogP contribution in [0.4, 0.5) is 0 Å². The van der Waals surface area contributed by atoms with Crippen LogP contribution in [0.5, 0.6) is 0 Å². The van der Waals surface area contributed by atoms with Crippen molar-refractivity contribution in [1.29, 1.82) is 0 Å². The largest absolute Gasteiger partial charge is 0.0843 e. The van der Waals surface area contributed by atoms with E-state index >= 15 is 0 Å². The van der Waals surface area contributed by atoms with E-state index in [0.717, 1.165) is 5.02 Å². The van der Waals surface area contributed by atoms with E-state index in [1.54, 1.807) is 0 Å². The van der Waals surface area contributed by atoms with Crippen molar-refractivity contribution >= 4 is 11.6 Å². The van der Waals surface area contributed by atoms with Crippen LogP contribution in [0.15, 0.2) is 24.3 Å². The van der Waals surface area contributed by atoms with Crippen molar-refractivity contribution in [3.8, 4) is 0 Å². The first-order valence-electron chi connectivity index (χ1n) is 8.57. The molecule has 0 nitrogen and oxygen atoms in total. The molecule has 0 N–H and O–H groups in total. The lowest BCUT2D eigenvalue weighted by molar-refractivity contribution is 0.549. The van der Waals surface area contributed by atoms with Crippen LogP contribution in [0.2, 0.25) is 5.02 Å². The molecule has 1 rings (SSSR count). The van der Waals surface area contributed by atoms with Gasteiger partial charge in [-0.1, -0.05) is 94.9 Å². The Morgan fingerprint density at radius 2 is 1.10 bits per heavy atom. The van der Waals surface area contributed by atoms with Crippen molar-refractivity contribution in [3.05, 3.63) is 34.9 Å². The molecule has 1 heteroatoms. The van der Waals surface area contributed by atoms with Crippen LogP contribution in [0, 0.1) is 0 Å². The Labute approximate surface area is 130 Å². The Kier molecular flexibility index (Phi) is 10.8. The molecular weight excluding hydrogens is 264 g/mol. The van der Waals surface area contributed by atoms with E-state index in [2.05, 4.69) is 19.1 Å². The van der Waals surface area contributed by atoms with Crippen molar-refractivity contribution in [2.45, 2.75) is 84.0 Å². The molecule has 20 heavy (non-hydrogen) atoms. The van der Waals surface area contributed by atoms with E-state index in [9.17, 15) is 0 Å². The van der Waals surface area contributed by atoms with Crippen LogP contribution in [-0.4, -0.2) is 0 Å². The third kappa shape index (κ3) is 9.42. The third-order valence-electron chi connectivity index (χ3n) is 3.98. The fourth-order valence-electron chi connectivity index (χ4n) is 2.64. The Balaban J connectivity index is 1.84. The molecule has 1 aromatic rings. The lowest BCUT2D eigenvalue weighted by Gasteiger charge is -2.03. The molecule has 1 aromatic carbocycles. The molecule has 0 amide bonds. The van der Waals surface area contributed by atoms with Crippen LogP contribution >= 0.6 is 11.6 Å². The third-order valence-corrected chi connectivity index (χ3v) is 4.23. The first-order valence-corrected chi connectivity index (χ1v) is 8.95. The molecule has 0 aromatic heterocycles. The van der Waals surface area contributed by atoms with Crippen molar-refractivity contribution in [3.63, 3.8) is 0 Å². The summed E-state index contributed by atoms with van der Waals surface area (Å²) < 4.78 is 0. The highest BCUT2D eigenvalue weighted by Crippen LogP contribution is 2.14. The van der Waals surface area contributed by atoms with Gasteiger partial charge in [-0.25, -0.2) is 0 Å². The molecule has 0 radical (unpaired) electrons. The van der Waals surface area contributed by atoms with Crippen molar-refractivity contribution in [2.24, 2.45) is 0 Å². The molecule has 114 valence electrons. The molecule has 0 aliphatic heterocycles. The number of hydrogen-bond donors (Lipinski definition) is 0. The lowest BCUT2D eigenvalue weighted by Crippen LogP contribution is -1.86. The van der Waals surface area contributed by atoms with Gasteiger partial charge in [-0.05, 0) is 30.5 Å². The van der Waals surface area contributed by atoms with Gasteiger partial charge in [0.25, 0.3) is 0 Å². The first-order chi connectivity index (χ1) is 9.83. The zero-order valence-electron chi connectivity index (χ0n) is 13.2. The fraction of sp³-hybridized carbons (Fsp3) is 0.684. The molecule has 0 aliphatic carbocycles. The first kappa shape index (κ1) is 17.6. The summed E-state index contributed by atoms with van der Waals surface area (Å²) in [5.41, 5.74) is 1.42. The number of benzene rings is 1. The summed E-state index contributed by atoms with van der Waals surface area (Å²) in [6, 6.07) is 8.29. The van der Waals surface area contributed by atoms with Gasteiger partial charge in [0.2, 0.25) is 0 Å². The van der Waals surface area contributed by atoms with Crippen molar-refractivity contribution < 1.29 is 0 Å². The molecule has 0 heterocycles. The monoisotopic (exact) mass is 294 g/mol. The summed E-state index contributed by atoms with van der Waals surface area (Å²) in [6.45, 7) is 2.28. The highest BCUT2D eigenvalue weighted by Gasteiger charge is 1.95. The number of hydrogen-bond acceptors (Lipinski definition) is 0. The zero-order valence-corrected chi connectivity index (χ0v) is 13.9. The van der Waals surface area contributed by atoms with Crippen LogP contribution in [-0.2, 0) is 6.42 Å². The van der Waals surface area contributed by atoms with E-state index in [4.69, 9.17) is 11.6 Å². The van der Waals surface area contributed by atoms with Crippen LogP contribution in [0.25, 0.3) is 0 Å². The topological polar surface area (TPSA) is 0 Å². The molecule has 0 bridgehead atoms. The molecule has 0 atom stereocenters. The number of unbranched alkanes of at least 4 members (excludes halogenated alkanes) is 10. The molecule has 0 saturated heterocycles. The van der Waals surface area contributed by atoms with Gasteiger partial charge >= 0.3 is 0 Å². The van der Waals surface area contributed by atoms with Gasteiger partial charge in [-0.15, -0.1) is 0 Å². The fourth-order valence-corrected chi connectivity index (χ4v) is 2.77. The number of rotatable bonds is 12. The van der Waals surface area contributed by atoms with Crippen LogP contribution < -0.4 is 0 Å². The minimum Gasteiger partial charge on any atom is -0.0843 e. The molecule has 0 spiro atoms. The summed E-state index contributed by atoms with van der Waals surface area (Å²) in [6.07, 6.45) is 16.7. The predicted molar refractivity (Wildman–Crippen MR) is 91.6 cm³/mol. The highest BCUT2D eigenvalue weighted by atomic mass is 35.5. The van der Waals surface area contributed by atoms with Gasteiger partial charge in [0.1, 0.15) is 0 Å². The maximum atomic E-state index is 5.88. The van der Waals surface area contributed by atoms with Gasteiger partial charge < -0.3 is 0 Å². The predicted octanol–water partition coefficient (Wildman–Crippen LogP) is 7.19. The Bertz CT molecular complexity index is 315. The molecule has 0 fully saturated rings. The second-order valence-electron chi connectivity index (χ2n) is 5.91. The standard InChI is InChI=1S/C19H31Cl/c1-2-3-4-5-6-7-8-9-10-11-12-13-18-14-16-19(20)17-15-18/h14-17H,2-13H2,1H3. The van der Waals surface area contributed by atoms with Crippen LogP contribution in [0.3, 0.4) is 0 Å². The summed E-state index contributed by atoms with van der Waals surface area (Å²) in [7, 11) is 0. The maximum Gasteiger partial charge on any atom is 0.0406 e. The average molecular weight is 295 g/mol. The van der Waals surface area contributed by atoms with E-state index in [1.165, 1.54) is 82.6 Å². The molecular formula is C19H31Cl. The number of halogens is 1. The van der Waals surface area contributed by atoms with Gasteiger partial charge in [0, 0.05) is 5.02 Å². The minimum atomic E-state index is 0.840.